The largest absolute Gasteiger partial charge is 0.384 e. The molecule has 1 amide bonds. The molecule has 2 rings (SSSR count). The van der Waals surface area contributed by atoms with E-state index in [1.54, 1.807) is 11.8 Å². The Bertz CT molecular complexity index is 447. The molecule has 0 unspecified atom stereocenters. The minimum atomic E-state index is 0.0873. The average Bonchev–Trinajstić information content (AvgIpc) is 2.90. The molecule has 6 nitrogen and oxygen atoms in total. The highest BCUT2D eigenvalue weighted by Crippen LogP contribution is 2.28. The molecular formula is C15H26N4O2. The predicted octanol–water partition coefficient (Wildman–Crippen LogP) is 0.485. The molecule has 6 heteroatoms. The van der Waals surface area contributed by atoms with E-state index in [0.29, 0.717) is 19.6 Å². The first-order valence-corrected chi connectivity index (χ1v) is 7.57. The van der Waals surface area contributed by atoms with Crippen LogP contribution in [0.25, 0.3) is 0 Å². The number of methoxy groups -OCH3 is 1. The van der Waals surface area contributed by atoms with Crippen LogP contribution in [0.15, 0.2) is 12.4 Å². The third kappa shape index (κ3) is 4.82. The van der Waals surface area contributed by atoms with Crippen molar-refractivity contribution < 1.29 is 9.53 Å². The molecule has 1 saturated heterocycles. The molecule has 2 N–H and O–H groups in total. The second-order valence-electron chi connectivity index (χ2n) is 5.98. The molecule has 2 heterocycles. The second-order valence-corrected chi connectivity index (χ2v) is 5.98. The monoisotopic (exact) mass is 294 g/mol. The summed E-state index contributed by atoms with van der Waals surface area (Å²) in [5.74, 6) is 0.105. The minimum absolute atomic E-state index is 0.0873. The first kappa shape index (κ1) is 16.0. The van der Waals surface area contributed by atoms with E-state index in [1.807, 2.05) is 19.4 Å². The van der Waals surface area contributed by atoms with Crippen molar-refractivity contribution in [2.75, 3.05) is 33.4 Å². The van der Waals surface area contributed by atoms with E-state index < -0.39 is 0 Å². The highest BCUT2D eigenvalue weighted by atomic mass is 16.5. The summed E-state index contributed by atoms with van der Waals surface area (Å²) in [4.78, 5) is 12.0. The lowest BCUT2D eigenvalue weighted by Gasteiger charge is -2.37. The third-order valence-electron chi connectivity index (χ3n) is 4.17. The van der Waals surface area contributed by atoms with Gasteiger partial charge in [0, 0.05) is 38.7 Å². The number of nitrogens with one attached hydrogen (secondary N) is 2. The molecule has 1 aromatic rings. The molecule has 0 aliphatic carbocycles. The zero-order chi connectivity index (χ0) is 15.1. The van der Waals surface area contributed by atoms with Crippen molar-refractivity contribution in [3.63, 3.8) is 0 Å². The first-order valence-electron chi connectivity index (χ1n) is 7.57. The van der Waals surface area contributed by atoms with Crippen LogP contribution >= 0.6 is 0 Å². The highest BCUT2D eigenvalue weighted by Gasteiger charge is 2.32. The van der Waals surface area contributed by atoms with Gasteiger partial charge in [0.05, 0.1) is 12.8 Å². The smallest absolute Gasteiger partial charge is 0.220 e. The third-order valence-corrected chi connectivity index (χ3v) is 4.17. The van der Waals surface area contributed by atoms with Crippen LogP contribution in [0.5, 0.6) is 0 Å². The van der Waals surface area contributed by atoms with E-state index >= 15 is 0 Å². The number of aromatic nitrogens is 2. The van der Waals surface area contributed by atoms with Gasteiger partial charge < -0.3 is 15.4 Å². The van der Waals surface area contributed by atoms with Crippen molar-refractivity contribution in [1.82, 2.24) is 20.4 Å². The van der Waals surface area contributed by atoms with Gasteiger partial charge >= 0.3 is 0 Å². The number of carbonyl (C=O) groups excluding carboxylic acids is 1. The fourth-order valence-electron chi connectivity index (χ4n) is 2.87. The van der Waals surface area contributed by atoms with Crippen LogP contribution in [0.3, 0.4) is 0 Å². The summed E-state index contributed by atoms with van der Waals surface area (Å²) < 4.78 is 7.12. The maximum absolute atomic E-state index is 12.0. The number of amides is 1. The molecule has 118 valence electrons. The molecule has 0 spiro atoms. The van der Waals surface area contributed by atoms with Crippen LogP contribution in [0.1, 0.15) is 24.8 Å². The van der Waals surface area contributed by atoms with Crippen LogP contribution in [-0.2, 0) is 23.0 Å². The van der Waals surface area contributed by atoms with Crippen molar-refractivity contribution in [1.29, 1.82) is 0 Å². The van der Waals surface area contributed by atoms with Gasteiger partial charge in [-0.2, -0.15) is 5.10 Å². The topological polar surface area (TPSA) is 68.2 Å². The lowest BCUT2D eigenvalue weighted by molar-refractivity contribution is -0.122. The van der Waals surface area contributed by atoms with Crippen molar-refractivity contribution >= 4 is 5.91 Å². The molecule has 1 fully saturated rings. The fourth-order valence-corrected chi connectivity index (χ4v) is 2.87. The number of ether oxygens (including phenoxy) is 1. The lowest BCUT2D eigenvalue weighted by atomic mass is 9.79. The van der Waals surface area contributed by atoms with Gasteiger partial charge in [-0.1, -0.05) is 0 Å². The zero-order valence-electron chi connectivity index (χ0n) is 13.0. The van der Waals surface area contributed by atoms with Crippen molar-refractivity contribution in [3.8, 4) is 0 Å². The van der Waals surface area contributed by atoms with Gasteiger partial charge in [0.2, 0.25) is 5.91 Å². The Labute approximate surface area is 126 Å². The summed E-state index contributed by atoms with van der Waals surface area (Å²) >= 11 is 0. The van der Waals surface area contributed by atoms with Gasteiger partial charge in [0.15, 0.2) is 0 Å². The average molecular weight is 294 g/mol. The first-order chi connectivity index (χ1) is 10.1. The Morgan fingerprint density at radius 2 is 2.29 bits per heavy atom. The van der Waals surface area contributed by atoms with E-state index in [-0.39, 0.29) is 11.3 Å². The number of piperidine rings is 1. The SMILES string of the molecule is COCC1(CNC(=O)CCc2cnn(C)c2)CCNCC1. The van der Waals surface area contributed by atoms with Gasteiger partial charge in [-0.3, -0.25) is 9.48 Å². The minimum Gasteiger partial charge on any atom is -0.384 e. The standard InChI is InChI=1S/C15H26N4O2/c1-19-10-13(9-18-19)3-4-14(20)17-11-15(12-21-2)5-7-16-8-6-15/h9-10,16H,3-8,11-12H2,1-2H3,(H,17,20). The molecule has 21 heavy (non-hydrogen) atoms. The highest BCUT2D eigenvalue weighted by molar-refractivity contribution is 5.76. The second kappa shape index (κ2) is 7.56. The van der Waals surface area contributed by atoms with E-state index in [4.69, 9.17) is 4.74 Å². The zero-order valence-corrected chi connectivity index (χ0v) is 13.0. The molecule has 1 aliphatic heterocycles. The van der Waals surface area contributed by atoms with Crippen LogP contribution in [-0.4, -0.2) is 49.0 Å². The molecule has 1 aromatic heterocycles. The number of carbonyl (C=O) groups is 1. The van der Waals surface area contributed by atoms with Crippen LogP contribution < -0.4 is 10.6 Å². The Balaban J connectivity index is 1.76. The lowest BCUT2D eigenvalue weighted by Crippen LogP contribution is -2.47. The van der Waals surface area contributed by atoms with Gasteiger partial charge in [-0.05, 0) is 37.9 Å². The number of nitrogens with zero attached hydrogens (tertiary/aromatic N) is 2. The summed E-state index contributed by atoms with van der Waals surface area (Å²) in [6.45, 7) is 3.40. The van der Waals surface area contributed by atoms with Crippen molar-refractivity contribution in [2.24, 2.45) is 12.5 Å². The van der Waals surface area contributed by atoms with E-state index in [1.165, 1.54) is 0 Å². The van der Waals surface area contributed by atoms with Crippen molar-refractivity contribution in [3.05, 3.63) is 18.0 Å². The Morgan fingerprint density at radius 1 is 1.52 bits per heavy atom. The summed E-state index contributed by atoms with van der Waals surface area (Å²) in [6.07, 6.45) is 7.10. The summed E-state index contributed by atoms with van der Waals surface area (Å²) in [6, 6.07) is 0. The molecule has 1 aliphatic rings. The predicted molar refractivity (Wildman–Crippen MR) is 81.0 cm³/mol. The quantitative estimate of drug-likeness (QED) is 0.768. The van der Waals surface area contributed by atoms with Gasteiger partial charge in [0.1, 0.15) is 0 Å². The van der Waals surface area contributed by atoms with Crippen LogP contribution in [0.2, 0.25) is 0 Å². The van der Waals surface area contributed by atoms with Gasteiger partial charge in [0.25, 0.3) is 0 Å². The maximum atomic E-state index is 12.0. The normalized spacial score (nSPS) is 17.6. The number of aryl methyl sites for hydroxylation is 2. The Hall–Kier alpha value is -1.40. The Morgan fingerprint density at radius 3 is 2.90 bits per heavy atom. The summed E-state index contributed by atoms with van der Waals surface area (Å²) in [5.41, 5.74) is 1.19. The maximum Gasteiger partial charge on any atom is 0.220 e. The molecule has 0 bridgehead atoms. The number of rotatable bonds is 7. The summed E-state index contributed by atoms with van der Waals surface area (Å²) in [7, 11) is 3.61. The Kier molecular flexibility index (Phi) is 5.76. The molecule has 0 atom stereocenters. The van der Waals surface area contributed by atoms with E-state index in [2.05, 4.69) is 15.7 Å². The van der Waals surface area contributed by atoms with Crippen LogP contribution in [0, 0.1) is 5.41 Å². The molecule has 0 saturated carbocycles. The number of hydrogen-bond acceptors (Lipinski definition) is 4. The molecular weight excluding hydrogens is 268 g/mol. The molecule has 0 aromatic carbocycles. The van der Waals surface area contributed by atoms with Gasteiger partial charge in [-0.25, -0.2) is 0 Å². The van der Waals surface area contributed by atoms with Gasteiger partial charge in [-0.15, -0.1) is 0 Å². The summed E-state index contributed by atoms with van der Waals surface area (Å²) in [5, 5.41) is 10.5. The van der Waals surface area contributed by atoms with E-state index in [0.717, 1.165) is 37.9 Å². The molecule has 0 radical (unpaired) electrons. The van der Waals surface area contributed by atoms with Crippen molar-refractivity contribution in [2.45, 2.75) is 25.7 Å². The van der Waals surface area contributed by atoms with Crippen LogP contribution in [0.4, 0.5) is 0 Å². The number of hydrogen-bond donors (Lipinski definition) is 2. The van der Waals surface area contributed by atoms with E-state index in [9.17, 15) is 4.79 Å². The fraction of sp³-hybridized carbons (Fsp3) is 0.733.